The van der Waals surface area contributed by atoms with Crippen LogP contribution in [0.3, 0.4) is 0 Å². The molecule has 1 aliphatic heterocycles. The average Bonchev–Trinajstić information content (AvgIpc) is 2.46. The molecule has 1 heterocycles. The Morgan fingerprint density at radius 1 is 0.630 bits per heavy atom. The van der Waals surface area contributed by atoms with Crippen LogP contribution in [0.1, 0.15) is 0 Å². The van der Waals surface area contributed by atoms with Gasteiger partial charge < -0.3 is 0 Å². The molecular weight excluding hydrogens is 424 g/mol. The third kappa shape index (κ3) is 2.06. The third-order valence-electron chi connectivity index (χ3n) is 4.52. The second kappa shape index (κ2) is 5.20. The molecule has 27 heavy (non-hydrogen) atoms. The lowest BCUT2D eigenvalue weighted by Gasteiger charge is -2.60. The number of fused-ring (bicyclic) bond motifs is 1. The molecule has 0 amide bonds. The number of hydrogen-bond donors (Lipinski definition) is 0. The molecule has 0 aromatic heterocycles. The fraction of sp³-hybridized carbons (Fsp3) is 0.833. The van der Waals surface area contributed by atoms with Gasteiger partial charge in [-0.05, 0) is 0 Å². The second-order valence-electron chi connectivity index (χ2n) is 6.00. The Morgan fingerprint density at radius 2 is 1.00 bits per heavy atom. The minimum atomic E-state index is -7.25. The molecule has 2 fully saturated rings. The van der Waals surface area contributed by atoms with Crippen LogP contribution < -0.4 is 0 Å². The molecule has 1 aliphatic carbocycles. The molecule has 1 saturated carbocycles. The summed E-state index contributed by atoms with van der Waals surface area (Å²) in [6, 6.07) is -11.2. The molecule has 2 aliphatic rings. The van der Waals surface area contributed by atoms with Crippen molar-refractivity contribution in [3.8, 4) is 0 Å². The van der Waals surface area contributed by atoms with E-state index in [0.29, 0.717) is 0 Å². The fourth-order valence-corrected chi connectivity index (χ4v) is 3.13. The largest absolute Gasteiger partial charge is 0.386 e. The summed E-state index contributed by atoms with van der Waals surface area (Å²) >= 11 is 0. The van der Waals surface area contributed by atoms with E-state index in [1.54, 1.807) is 0 Å². The summed E-state index contributed by atoms with van der Waals surface area (Å²) < 4.78 is 191. The molecule has 0 spiro atoms. The van der Waals surface area contributed by atoms with Crippen LogP contribution >= 0.6 is 0 Å². The summed E-state index contributed by atoms with van der Waals surface area (Å²) in [5, 5.41) is 0. The highest BCUT2D eigenvalue weighted by molar-refractivity contribution is 5.26. The zero-order chi connectivity index (χ0) is 21.6. The standard InChI is InChI=1S/C12H7F14N/c1-2-3-27-5-4(7(15,16)11(23,24)12(27,25)26)6(13,14)9(19,20)10(21,22)8(5,17)18/h2,4-5H,1,3H2. The van der Waals surface area contributed by atoms with Crippen molar-refractivity contribution in [2.24, 2.45) is 5.92 Å². The Morgan fingerprint density at radius 3 is 1.41 bits per heavy atom. The monoisotopic (exact) mass is 431 g/mol. The molecule has 158 valence electrons. The van der Waals surface area contributed by atoms with Gasteiger partial charge in [0, 0.05) is 6.54 Å². The van der Waals surface area contributed by atoms with Gasteiger partial charge in [0.05, 0.1) is 0 Å². The first-order chi connectivity index (χ1) is 11.7. The predicted molar refractivity (Wildman–Crippen MR) is 58.8 cm³/mol. The van der Waals surface area contributed by atoms with Gasteiger partial charge in [0.2, 0.25) is 0 Å². The summed E-state index contributed by atoms with van der Waals surface area (Å²) in [6.45, 7) is 0.623. The van der Waals surface area contributed by atoms with Crippen LogP contribution in [0.15, 0.2) is 12.7 Å². The summed E-state index contributed by atoms with van der Waals surface area (Å²) in [5.74, 6) is -47.0. The first-order valence-electron chi connectivity index (χ1n) is 6.71. The molecular formula is C12H7F14N. The molecule has 0 radical (unpaired) electrons. The summed E-state index contributed by atoms with van der Waals surface area (Å²) in [5.41, 5.74) is 0. The van der Waals surface area contributed by atoms with Crippen LogP contribution in [-0.4, -0.2) is 59.1 Å². The lowest BCUT2D eigenvalue weighted by Crippen LogP contribution is -2.87. The number of piperidine rings is 1. The number of halogens is 14. The zero-order valence-corrected chi connectivity index (χ0v) is 12.4. The maximum absolute atomic E-state index is 13.9. The Bertz CT molecular complexity index is 630. The number of likely N-dealkylation sites (tertiary alicyclic amines) is 1. The highest BCUT2D eigenvalue weighted by Crippen LogP contribution is 2.70. The summed E-state index contributed by atoms with van der Waals surface area (Å²) in [6.07, 6.45) is 0.0592. The molecule has 0 bridgehead atoms. The smallest absolute Gasteiger partial charge is 0.225 e. The van der Waals surface area contributed by atoms with E-state index in [0.717, 1.165) is 0 Å². The van der Waals surface area contributed by atoms with E-state index in [2.05, 4.69) is 6.58 Å². The second-order valence-corrected chi connectivity index (χ2v) is 6.00. The van der Waals surface area contributed by atoms with Gasteiger partial charge in [-0.3, -0.25) is 0 Å². The molecule has 2 atom stereocenters. The van der Waals surface area contributed by atoms with E-state index in [1.807, 2.05) is 0 Å². The van der Waals surface area contributed by atoms with E-state index in [4.69, 9.17) is 0 Å². The molecule has 1 saturated heterocycles. The zero-order valence-electron chi connectivity index (χ0n) is 12.4. The highest BCUT2D eigenvalue weighted by Gasteiger charge is 2.98. The summed E-state index contributed by atoms with van der Waals surface area (Å²) in [4.78, 5) is -1.78. The fourth-order valence-electron chi connectivity index (χ4n) is 3.13. The molecule has 0 aromatic rings. The first kappa shape index (κ1) is 22.0. The number of rotatable bonds is 2. The topological polar surface area (TPSA) is 3.24 Å². The van der Waals surface area contributed by atoms with Crippen molar-refractivity contribution in [2.75, 3.05) is 6.54 Å². The molecule has 0 aromatic carbocycles. The van der Waals surface area contributed by atoms with E-state index < -0.39 is 65.0 Å². The van der Waals surface area contributed by atoms with Gasteiger partial charge in [-0.15, -0.1) is 6.58 Å². The molecule has 15 heteroatoms. The quantitative estimate of drug-likeness (QED) is 0.342. The molecule has 0 N–H and O–H groups in total. The van der Waals surface area contributed by atoms with Crippen LogP contribution in [0.2, 0.25) is 0 Å². The minimum absolute atomic E-state index is 0.0592. The Hall–Kier alpha value is -1.28. The lowest BCUT2D eigenvalue weighted by atomic mass is 9.66. The maximum Gasteiger partial charge on any atom is 0.386 e. The normalized spacial score (nSPS) is 37.3. The first-order valence-corrected chi connectivity index (χ1v) is 6.71. The van der Waals surface area contributed by atoms with Gasteiger partial charge in [-0.25, -0.2) is 4.90 Å². The lowest BCUT2D eigenvalue weighted by molar-refractivity contribution is -0.495. The van der Waals surface area contributed by atoms with Gasteiger partial charge in [-0.1, -0.05) is 6.08 Å². The summed E-state index contributed by atoms with van der Waals surface area (Å²) in [7, 11) is 0. The van der Waals surface area contributed by atoms with Crippen molar-refractivity contribution in [2.45, 2.75) is 47.6 Å². The van der Waals surface area contributed by atoms with Gasteiger partial charge in [0.15, 0.2) is 0 Å². The van der Waals surface area contributed by atoms with Gasteiger partial charge >= 0.3 is 41.6 Å². The third-order valence-corrected chi connectivity index (χ3v) is 4.52. The van der Waals surface area contributed by atoms with Crippen molar-refractivity contribution >= 4 is 0 Å². The SMILES string of the molecule is C=CCN1C2C(C(F)(F)C(F)(F)C1(F)F)C(F)(F)C(F)(F)C(F)(F)C2(F)F. The van der Waals surface area contributed by atoms with E-state index in [1.165, 1.54) is 0 Å². The highest BCUT2D eigenvalue weighted by atomic mass is 19.4. The van der Waals surface area contributed by atoms with Crippen molar-refractivity contribution in [3.63, 3.8) is 0 Å². The van der Waals surface area contributed by atoms with Crippen LogP contribution in [0.5, 0.6) is 0 Å². The minimum Gasteiger partial charge on any atom is -0.225 e. The number of alkyl halides is 14. The predicted octanol–water partition coefficient (Wildman–Crippen LogP) is 4.89. The van der Waals surface area contributed by atoms with Crippen molar-refractivity contribution in [3.05, 3.63) is 12.7 Å². The molecule has 1 nitrogen and oxygen atoms in total. The number of hydrogen-bond acceptors (Lipinski definition) is 1. The van der Waals surface area contributed by atoms with Gasteiger partial charge in [-0.2, -0.15) is 61.5 Å². The Balaban J connectivity index is 2.94. The van der Waals surface area contributed by atoms with Gasteiger partial charge in [0.25, 0.3) is 0 Å². The molecule has 2 unspecified atom stereocenters. The van der Waals surface area contributed by atoms with E-state index in [9.17, 15) is 61.5 Å². The van der Waals surface area contributed by atoms with E-state index >= 15 is 0 Å². The maximum atomic E-state index is 13.9. The van der Waals surface area contributed by atoms with Crippen LogP contribution in [-0.2, 0) is 0 Å². The van der Waals surface area contributed by atoms with Crippen LogP contribution in [0.25, 0.3) is 0 Å². The molecule has 2 rings (SSSR count). The van der Waals surface area contributed by atoms with Crippen molar-refractivity contribution in [1.29, 1.82) is 0 Å². The average molecular weight is 431 g/mol. The van der Waals surface area contributed by atoms with Crippen LogP contribution in [0.4, 0.5) is 61.5 Å². The van der Waals surface area contributed by atoms with Crippen molar-refractivity contribution < 1.29 is 61.5 Å². The van der Waals surface area contributed by atoms with Gasteiger partial charge in [0.1, 0.15) is 12.0 Å². The van der Waals surface area contributed by atoms with Crippen LogP contribution in [0, 0.1) is 5.92 Å². The number of nitrogens with zero attached hydrogens (tertiary/aromatic N) is 1. The Kier molecular flexibility index (Phi) is 4.24. The van der Waals surface area contributed by atoms with E-state index in [-0.39, 0.29) is 6.08 Å². The Labute approximate surface area is 140 Å². The van der Waals surface area contributed by atoms with Crippen molar-refractivity contribution in [1.82, 2.24) is 4.90 Å².